The van der Waals surface area contributed by atoms with E-state index in [0.717, 1.165) is 6.54 Å². The molecule has 0 aromatic heterocycles. The normalized spacial score (nSPS) is 11.8. The molecule has 120 valence electrons. The molecule has 0 fully saturated rings. The van der Waals surface area contributed by atoms with Gasteiger partial charge in [0, 0.05) is 37.4 Å². The molecule has 0 atom stereocenters. The lowest BCUT2D eigenvalue weighted by Crippen LogP contribution is -2.26. The highest BCUT2D eigenvalue weighted by Gasteiger charge is 2.21. The minimum Gasteiger partial charge on any atom is -0.385 e. The highest BCUT2D eigenvalue weighted by atomic mass is 35.5. The Bertz CT molecular complexity index is 565. The molecule has 21 heavy (non-hydrogen) atoms. The Morgan fingerprint density at radius 1 is 1.29 bits per heavy atom. The van der Waals surface area contributed by atoms with Crippen LogP contribution in [0.3, 0.4) is 0 Å². The summed E-state index contributed by atoms with van der Waals surface area (Å²) >= 11 is 12.3. The van der Waals surface area contributed by atoms with Gasteiger partial charge in [-0.1, -0.05) is 30.1 Å². The fourth-order valence-electron chi connectivity index (χ4n) is 1.70. The maximum atomic E-state index is 12.3. The number of ether oxygens (including phenoxy) is 1. The van der Waals surface area contributed by atoms with Gasteiger partial charge in [0.15, 0.2) is 0 Å². The molecule has 0 aliphatic carbocycles. The van der Waals surface area contributed by atoms with E-state index in [9.17, 15) is 8.42 Å². The van der Waals surface area contributed by atoms with Gasteiger partial charge in [-0.2, -0.15) is 0 Å². The second-order valence-electron chi connectivity index (χ2n) is 4.36. The van der Waals surface area contributed by atoms with Crippen molar-refractivity contribution in [3.05, 3.63) is 27.7 Å². The van der Waals surface area contributed by atoms with Gasteiger partial charge in [0.1, 0.15) is 4.90 Å². The highest BCUT2D eigenvalue weighted by molar-refractivity contribution is 7.89. The molecule has 1 rings (SSSR count). The zero-order valence-electron chi connectivity index (χ0n) is 12.1. The summed E-state index contributed by atoms with van der Waals surface area (Å²) in [4.78, 5) is 0.0406. The average Bonchev–Trinajstić information content (AvgIpc) is 2.43. The first-order chi connectivity index (χ1) is 9.94. The molecule has 1 aromatic carbocycles. The van der Waals surface area contributed by atoms with Crippen LogP contribution in [0, 0.1) is 0 Å². The van der Waals surface area contributed by atoms with Crippen LogP contribution in [0.2, 0.25) is 10.0 Å². The summed E-state index contributed by atoms with van der Waals surface area (Å²) < 4.78 is 31.9. The van der Waals surface area contributed by atoms with Crippen LogP contribution in [0.25, 0.3) is 0 Å². The van der Waals surface area contributed by atoms with E-state index in [1.54, 1.807) is 13.2 Å². The zero-order chi connectivity index (χ0) is 15.9. The van der Waals surface area contributed by atoms with E-state index in [0.29, 0.717) is 30.2 Å². The number of benzene rings is 1. The van der Waals surface area contributed by atoms with Crippen molar-refractivity contribution in [2.75, 3.05) is 26.8 Å². The van der Waals surface area contributed by atoms with Crippen molar-refractivity contribution in [1.29, 1.82) is 0 Å². The van der Waals surface area contributed by atoms with Crippen LogP contribution in [-0.2, 0) is 21.3 Å². The van der Waals surface area contributed by atoms with E-state index in [1.807, 2.05) is 6.92 Å². The number of hydrogen-bond donors (Lipinski definition) is 2. The first kappa shape index (κ1) is 18.7. The van der Waals surface area contributed by atoms with Gasteiger partial charge in [0.2, 0.25) is 10.0 Å². The largest absolute Gasteiger partial charge is 0.385 e. The van der Waals surface area contributed by atoms with E-state index < -0.39 is 10.0 Å². The number of nitrogens with one attached hydrogen (secondary N) is 2. The van der Waals surface area contributed by atoms with Gasteiger partial charge < -0.3 is 10.1 Å². The Morgan fingerprint density at radius 2 is 2.00 bits per heavy atom. The Kier molecular flexibility index (Phi) is 7.94. The van der Waals surface area contributed by atoms with Gasteiger partial charge in [-0.25, -0.2) is 13.1 Å². The van der Waals surface area contributed by atoms with Gasteiger partial charge in [0.25, 0.3) is 0 Å². The lowest BCUT2D eigenvalue weighted by Gasteiger charge is -2.13. The first-order valence-corrected chi connectivity index (χ1v) is 8.84. The third-order valence-corrected chi connectivity index (χ3v) is 5.21. The van der Waals surface area contributed by atoms with Gasteiger partial charge >= 0.3 is 0 Å². The van der Waals surface area contributed by atoms with Gasteiger partial charge in [-0.3, -0.25) is 0 Å². The van der Waals surface area contributed by atoms with E-state index in [1.165, 1.54) is 6.07 Å². The van der Waals surface area contributed by atoms with Crippen molar-refractivity contribution in [3.63, 3.8) is 0 Å². The van der Waals surface area contributed by atoms with E-state index >= 15 is 0 Å². The van der Waals surface area contributed by atoms with Crippen molar-refractivity contribution in [2.45, 2.75) is 24.8 Å². The molecule has 0 bridgehead atoms. The third-order valence-electron chi connectivity index (χ3n) is 2.81. The van der Waals surface area contributed by atoms with Gasteiger partial charge in [0.05, 0.1) is 5.02 Å². The fourth-order valence-corrected chi connectivity index (χ4v) is 3.68. The summed E-state index contributed by atoms with van der Waals surface area (Å²) in [7, 11) is -2.09. The minimum atomic E-state index is -3.66. The fraction of sp³-hybridized carbons (Fsp3) is 0.538. The maximum absolute atomic E-state index is 12.3. The summed E-state index contributed by atoms with van der Waals surface area (Å²) in [5.74, 6) is 0. The summed E-state index contributed by atoms with van der Waals surface area (Å²) in [5.41, 5.74) is 0.583. The molecule has 0 spiro atoms. The van der Waals surface area contributed by atoms with E-state index in [-0.39, 0.29) is 16.5 Å². The van der Waals surface area contributed by atoms with Crippen LogP contribution in [0.15, 0.2) is 17.0 Å². The molecule has 0 radical (unpaired) electrons. The third kappa shape index (κ3) is 5.39. The van der Waals surface area contributed by atoms with Crippen LogP contribution in [0.5, 0.6) is 0 Å². The Labute approximate surface area is 136 Å². The first-order valence-electron chi connectivity index (χ1n) is 6.60. The number of hydrogen-bond acceptors (Lipinski definition) is 4. The summed E-state index contributed by atoms with van der Waals surface area (Å²) in [6, 6.07) is 2.96. The molecule has 1 aromatic rings. The highest BCUT2D eigenvalue weighted by Crippen LogP contribution is 2.30. The lowest BCUT2D eigenvalue weighted by molar-refractivity contribution is 0.196. The van der Waals surface area contributed by atoms with Gasteiger partial charge in [-0.15, -0.1) is 0 Å². The summed E-state index contributed by atoms with van der Waals surface area (Å²) in [5, 5.41) is 3.68. The standard InChI is InChI=1S/C13H20Cl2N2O3S/c1-3-16-9-10-11(14)5-6-12(13(10)15)21(18,19)17-7-4-8-20-2/h5-6,16-17H,3-4,7-9H2,1-2H3. The molecule has 2 N–H and O–H groups in total. The number of halogens is 2. The predicted octanol–water partition coefficient (Wildman–Crippen LogP) is 2.42. The smallest absolute Gasteiger partial charge is 0.242 e. The van der Waals surface area contributed by atoms with Crippen LogP contribution < -0.4 is 10.0 Å². The van der Waals surface area contributed by atoms with Crippen LogP contribution in [-0.4, -0.2) is 35.2 Å². The average molecular weight is 355 g/mol. The monoisotopic (exact) mass is 354 g/mol. The second kappa shape index (κ2) is 8.92. The predicted molar refractivity (Wildman–Crippen MR) is 85.5 cm³/mol. The summed E-state index contributed by atoms with van der Waals surface area (Å²) in [6.07, 6.45) is 0.588. The molecular weight excluding hydrogens is 335 g/mol. The van der Waals surface area contributed by atoms with Crippen LogP contribution in [0.1, 0.15) is 18.9 Å². The topological polar surface area (TPSA) is 67.4 Å². The van der Waals surface area contributed by atoms with Crippen molar-refractivity contribution >= 4 is 33.2 Å². The SMILES string of the molecule is CCNCc1c(Cl)ccc(S(=O)(=O)NCCCOC)c1Cl. The molecule has 0 saturated carbocycles. The van der Waals surface area contributed by atoms with Crippen molar-refractivity contribution in [3.8, 4) is 0 Å². The van der Waals surface area contributed by atoms with Crippen LogP contribution >= 0.6 is 23.2 Å². The molecule has 0 saturated heterocycles. The van der Waals surface area contributed by atoms with E-state index in [2.05, 4.69) is 10.0 Å². The van der Waals surface area contributed by atoms with Crippen molar-refractivity contribution in [2.24, 2.45) is 0 Å². The minimum absolute atomic E-state index is 0.0406. The molecule has 0 unspecified atom stereocenters. The summed E-state index contributed by atoms with van der Waals surface area (Å²) in [6.45, 7) is 3.88. The number of methoxy groups -OCH3 is 1. The Hall–Kier alpha value is -0.370. The van der Waals surface area contributed by atoms with Crippen molar-refractivity contribution < 1.29 is 13.2 Å². The molecule has 0 heterocycles. The number of rotatable bonds is 9. The Balaban J connectivity index is 2.96. The van der Waals surface area contributed by atoms with Crippen molar-refractivity contribution in [1.82, 2.24) is 10.0 Å². The second-order valence-corrected chi connectivity index (χ2v) is 6.88. The lowest BCUT2D eigenvalue weighted by atomic mass is 10.2. The quantitative estimate of drug-likeness (QED) is 0.668. The molecule has 0 aliphatic rings. The van der Waals surface area contributed by atoms with Gasteiger partial charge in [-0.05, 0) is 25.1 Å². The van der Waals surface area contributed by atoms with Crippen LogP contribution in [0.4, 0.5) is 0 Å². The number of sulfonamides is 1. The molecular formula is C13H20Cl2N2O3S. The molecule has 5 nitrogen and oxygen atoms in total. The maximum Gasteiger partial charge on any atom is 0.242 e. The molecule has 8 heteroatoms. The molecule has 0 aliphatic heterocycles. The zero-order valence-corrected chi connectivity index (χ0v) is 14.4. The Morgan fingerprint density at radius 3 is 2.62 bits per heavy atom. The van der Waals surface area contributed by atoms with E-state index in [4.69, 9.17) is 27.9 Å². The molecule has 0 amide bonds.